The fraction of sp³-hybridized carbons (Fsp3) is 0.462. The van der Waals surface area contributed by atoms with Crippen molar-refractivity contribution in [3.8, 4) is 0 Å². The van der Waals surface area contributed by atoms with Gasteiger partial charge in [-0.15, -0.1) is 11.3 Å². The molecule has 20 heavy (non-hydrogen) atoms. The molecule has 0 atom stereocenters. The third kappa shape index (κ3) is 3.36. The summed E-state index contributed by atoms with van der Waals surface area (Å²) in [6.07, 6.45) is 0. The summed E-state index contributed by atoms with van der Waals surface area (Å²) < 4.78 is 0. The summed E-state index contributed by atoms with van der Waals surface area (Å²) >= 11 is 1.79. The number of aryl methyl sites for hydroxylation is 2. The highest BCUT2D eigenvalue weighted by Crippen LogP contribution is 2.21. The molecule has 108 valence electrons. The Morgan fingerprint density at radius 2 is 1.85 bits per heavy atom. The van der Waals surface area contributed by atoms with Crippen LogP contribution in [0.25, 0.3) is 0 Å². The minimum Gasteiger partial charge on any atom is -0.357 e. The maximum absolute atomic E-state index is 4.38. The Morgan fingerprint density at radius 3 is 2.40 bits per heavy atom. The van der Waals surface area contributed by atoms with Gasteiger partial charge in [-0.25, -0.2) is 0 Å². The normalized spacial score (nSPS) is 10.4. The van der Waals surface area contributed by atoms with E-state index in [-0.39, 0.29) is 0 Å². The van der Waals surface area contributed by atoms with Crippen LogP contribution >= 0.6 is 11.3 Å². The highest BCUT2D eigenvalue weighted by molar-refractivity contribution is 7.12. The number of hydrogen-bond acceptors (Lipinski definition) is 7. The topological polar surface area (TPSA) is 66.0 Å². The van der Waals surface area contributed by atoms with Gasteiger partial charge in [-0.1, -0.05) is 0 Å². The van der Waals surface area contributed by atoms with Gasteiger partial charge in [0.1, 0.15) is 0 Å². The maximum Gasteiger partial charge on any atom is 0.231 e. The number of hydrogen-bond donors (Lipinski definition) is 2. The molecule has 2 rings (SSSR count). The van der Waals surface area contributed by atoms with Gasteiger partial charge >= 0.3 is 0 Å². The van der Waals surface area contributed by atoms with E-state index >= 15 is 0 Å². The molecular formula is C13H20N6S. The van der Waals surface area contributed by atoms with Gasteiger partial charge in [0.25, 0.3) is 0 Å². The lowest BCUT2D eigenvalue weighted by molar-refractivity contribution is 0.947. The minimum absolute atomic E-state index is 0.560. The monoisotopic (exact) mass is 292 g/mol. The van der Waals surface area contributed by atoms with E-state index in [2.05, 4.69) is 45.5 Å². The van der Waals surface area contributed by atoms with Crippen LogP contribution in [0.3, 0.4) is 0 Å². The van der Waals surface area contributed by atoms with E-state index in [0.717, 1.165) is 6.54 Å². The lowest BCUT2D eigenvalue weighted by atomic mass is 10.3. The standard InChI is InChI=1S/C13H20N6S/c1-8-6-10(20-9(8)2)7-15-12-16-11(14-3)17-13(18-12)19(4)5/h6H,7H2,1-5H3,(H2,14,15,16,17,18). The smallest absolute Gasteiger partial charge is 0.231 e. The van der Waals surface area contributed by atoms with Gasteiger partial charge in [0.05, 0.1) is 6.54 Å². The van der Waals surface area contributed by atoms with E-state index < -0.39 is 0 Å². The van der Waals surface area contributed by atoms with Gasteiger partial charge in [-0.2, -0.15) is 15.0 Å². The molecule has 2 heterocycles. The van der Waals surface area contributed by atoms with Crippen molar-refractivity contribution in [3.05, 3.63) is 21.4 Å². The average molecular weight is 292 g/mol. The average Bonchev–Trinajstić information content (AvgIpc) is 2.75. The van der Waals surface area contributed by atoms with Crippen molar-refractivity contribution in [2.24, 2.45) is 0 Å². The molecule has 2 N–H and O–H groups in total. The highest BCUT2D eigenvalue weighted by atomic mass is 32.1. The molecule has 6 nitrogen and oxygen atoms in total. The van der Waals surface area contributed by atoms with Crippen molar-refractivity contribution in [3.63, 3.8) is 0 Å². The van der Waals surface area contributed by atoms with E-state index in [9.17, 15) is 0 Å². The van der Waals surface area contributed by atoms with Crippen molar-refractivity contribution in [2.45, 2.75) is 20.4 Å². The molecule has 0 saturated heterocycles. The van der Waals surface area contributed by atoms with Crippen molar-refractivity contribution < 1.29 is 0 Å². The molecule has 0 radical (unpaired) electrons. The first-order valence-corrected chi connectivity index (χ1v) is 7.22. The first-order chi connectivity index (χ1) is 9.49. The molecule has 0 saturated carbocycles. The van der Waals surface area contributed by atoms with Crippen LogP contribution in [0.15, 0.2) is 6.07 Å². The lowest BCUT2D eigenvalue weighted by Gasteiger charge is -2.12. The lowest BCUT2D eigenvalue weighted by Crippen LogP contribution is -2.16. The minimum atomic E-state index is 0.560. The Balaban J connectivity index is 2.14. The number of anilines is 3. The zero-order chi connectivity index (χ0) is 14.7. The van der Waals surface area contributed by atoms with E-state index in [1.54, 1.807) is 18.4 Å². The van der Waals surface area contributed by atoms with Gasteiger partial charge in [-0.05, 0) is 25.5 Å². The Bertz CT molecular complexity index is 573. The third-order valence-corrected chi connectivity index (χ3v) is 4.04. The summed E-state index contributed by atoms with van der Waals surface area (Å²) in [5, 5.41) is 6.20. The SMILES string of the molecule is CNc1nc(NCc2cc(C)c(C)s2)nc(N(C)C)n1. The van der Waals surface area contributed by atoms with Crippen molar-refractivity contribution in [1.82, 2.24) is 15.0 Å². The van der Waals surface area contributed by atoms with Crippen LogP contribution in [0.4, 0.5) is 17.8 Å². The Kier molecular flexibility index (Phi) is 4.39. The molecule has 0 aliphatic heterocycles. The molecule has 2 aromatic rings. The molecule has 0 aromatic carbocycles. The number of nitrogens with one attached hydrogen (secondary N) is 2. The van der Waals surface area contributed by atoms with Crippen LogP contribution < -0.4 is 15.5 Å². The molecular weight excluding hydrogens is 272 g/mol. The molecule has 0 amide bonds. The second-order valence-corrected chi connectivity index (χ2v) is 6.07. The van der Waals surface area contributed by atoms with Crippen LogP contribution in [0.2, 0.25) is 0 Å². The highest BCUT2D eigenvalue weighted by Gasteiger charge is 2.08. The molecule has 0 aliphatic rings. The molecule has 0 aliphatic carbocycles. The van der Waals surface area contributed by atoms with Gasteiger partial charge in [0.2, 0.25) is 17.8 Å². The zero-order valence-corrected chi connectivity index (χ0v) is 13.3. The van der Waals surface area contributed by atoms with Crippen molar-refractivity contribution in [1.29, 1.82) is 0 Å². The summed E-state index contributed by atoms with van der Waals surface area (Å²) in [5.74, 6) is 1.77. The fourth-order valence-corrected chi connectivity index (χ4v) is 2.65. The molecule has 2 aromatic heterocycles. The molecule has 0 unspecified atom stereocenters. The molecule has 7 heteroatoms. The van der Waals surface area contributed by atoms with Gasteiger partial charge in [-0.3, -0.25) is 0 Å². The van der Waals surface area contributed by atoms with Crippen LogP contribution in [0, 0.1) is 13.8 Å². The zero-order valence-electron chi connectivity index (χ0n) is 12.5. The molecule has 0 bridgehead atoms. The van der Waals surface area contributed by atoms with E-state index in [1.165, 1.54) is 15.3 Å². The van der Waals surface area contributed by atoms with Gasteiger partial charge < -0.3 is 15.5 Å². The largest absolute Gasteiger partial charge is 0.357 e. The second-order valence-electron chi connectivity index (χ2n) is 4.73. The van der Waals surface area contributed by atoms with Gasteiger partial charge in [0.15, 0.2) is 0 Å². The van der Waals surface area contributed by atoms with E-state index in [0.29, 0.717) is 17.8 Å². The van der Waals surface area contributed by atoms with Gasteiger partial charge in [0, 0.05) is 30.9 Å². The summed E-state index contributed by atoms with van der Waals surface area (Å²) in [5.41, 5.74) is 1.33. The number of aromatic nitrogens is 3. The number of nitrogens with zero attached hydrogens (tertiary/aromatic N) is 4. The Hall–Kier alpha value is -1.89. The Labute approximate surface area is 123 Å². The third-order valence-electron chi connectivity index (χ3n) is 2.88. The van der Waals surface area contributed by atoms with E-state index in [4.69, 9.17) is 0 Å². The molecule has 0 fully saturated rings. The number of rotatable bonds is 5. The van der Waals surface area contributed by atoms with Crippen molar-refractivity contribution >= 4 is 29.2 Å². The summed E-state index contributed by atoms with van der Waals surface area (Å²) in [7, 11) is 5.61. The predicted molar refractivity (Wildman–Crippen MR) is 84.8 cm³/mol. The van der Waals surface area contributed by atoms with Crippen molar-refractivity contribution in [2.75, 3.05) is 36.7 Å². The van der Waals surface area contributed by atoms with E-state index in [1.807, 2.05) is 19.0 Å². The summed E-state index contributed by atoms with van der Waals surface area (Å²) in [4.78, 5) is 17.5. The summed E-state index contributed by atoms with van der Waals surface area (Å²) in [6, 6.07) is 2.19. The van der Waals surface area contributed by atoms with Crippen LogP contribution in [0.1, 0.15) is 15.3 Å². The first-order valence-electron chi connectivity index (χ1n) is 6.40. The van der Waals surface area contributed by atoms with Crippen LogP contribution in [0.5, 0.6) is 0 Å². The predicted octanol–water partition coefficient (Wildman–Crippen LogP) is 2.27. The number of thiophene rings is 1. The second kappa shape index (κ2) is 6.04. The quantitative estimate of drug-likeness (QED) is 0.881. The van der Waals surface area contributed by atoms with Crippen LogP contribution in [-0.4, -0.2) is 36.1 Å². The Morgan fingerprint density at radius 1 is 1.15 bits per heavy atom. The first kappa shape index (κ1) is 14.5. The summed E-state index contributed by atoms with van der Waals surface area (Å²) in [6.45, 7) is 4.98. The maximum atomic E-state index is 4.38. The van der Waals surface area contributed by atoms with Crippen LogP contribution in [-0.2, 0) is 6.54 Å². The fourth-order valence-electron chi connectivity index (χ4n) is 1.66. The molecule has 0 spiro atoms.